The normalized spacial score (nSPS) is 13.0. The highest BCUT2D eigenvalue weighted by molar-refractivity contribution is 6.25. The molecule has 1 atom stereocenters. The summed E-state index contributed by atoms with van der Waals surface area (Å²) in [5, 5.41) is 4.60. The van der Waals surface area contributed by atoms with Gasteiger partial charge in [0.25, 0.3) is 5.91 Å². The summed E-state index contributed by atoms with van der Waals surface area (Å²) in [5.74, 6) is -1.10. The summed E-state index contributed by atoms with van der Waals surface area (Å²) in [4.78, 5) is 43.1. The van der Waals surface area contributed by atoms with Gasteiger partial charge < -0.3 is 15.1 Å². The molecule has 1 heterocycles. The molecular weight excluding hydrogens is 493 g/mol. The molecule has 1 aliphatic rings. The minimum absolute atomic E-state index is 0.0379. The summed E-state index contributed by atoms with van der Waals surface area (Å²) in [6.07, 6.45) is 0.796. The topological polar surface area (TPSA) is 69.7 Å². The zero-order valence-electron chi connectivity index (χ0n) is 21.8. The Kier molecular flexibility index (Phi) is 7.68. The van der Waals surface area contributed by atoms with Gasteiger partial charge in [-0.05, 0) is 35.6 Å². The summed E-state index contributed by atoms with van der Waals surface area (Å²) >= 11 is 0. The molecule has 0 aliphatic carbocycles. The zero-order valence-corrected chi connectivity index (χ0v) is 21.8. The van der Waals surface area contributed by atoms with Crippen LogP contribution in [0.3, 0.4) is 0 Å². The van der Waals surface area contributed by atoms with Gasteiger partial charge in [-0.1, -0.05) is 72.8 Å². The number of hydrogen-bond donors (Lipinski definition) is 1. The molecule has 4 aromatic rings. The number of halogens is 1. The number of nitrogens with one attached hydrogen (secondary N) is 1. The molecule has 1 aliphatic heterocycles. The quantitative estimate of drug-likeness (QED) is 0.314. The number of likely N-dealkylation sites (N-methyl/N-ethyl adjacent to an activating group) is 1. The van der Waals surface area contributed by atoms with Crippen LogP contribution in [0.2, 0.25) is 0 Å². The first-order valence-electron chi connectivity index (χ1n) is 13.1. The van der Waals surface area contributed by atoms with E-state index < -0.39 is 11.9 Å². The van der Waals surface area contributed by atoms with Crippen molar-refractivity contribution in [2.75, 3.05) is 18.5 Å². The summed E-state index contributed by atoms with van der Waals surface area (Å²) < 4.78 is 14.6. The second-order valence-corrected chi connectivity index (χ2v) is 9.67. The lowest BCUT2D eigenvalue weighted by molar-refractivity contribution is -0.141. The fourth-order valence-corrected chi connectivity index (χ4v) is 5.26. The van der Waals surface area contributed by atoms with Crippen LogP contribution >= 0.6 is 0 Å². The fraction of sp³-hybridized carbons (Fsp3) is 0.219. The van der Waals surface area contributed by atoms with E-state index in [0.29, 0.717) is 30.5 Å². The Morgan fingerprint density at radius 3 is 2.38 bits per heavy atom. The van der Waals surface area contributed by atoms with Crippen molar-refractivity contribution in [1.29, 1.82) is 0 Å². The SMILES string of the molecule is CNC(=O)[C@H](Cc1ccccc1)N(Cc1ccccc1F)C(=O)CCCN1C(=O)c2cccc3cccc1c23. The van der Waals surface area contributed by atoms with Gasteiger partial charge in [-0.25, -0.2) is 4.39 Å². The third kappa shape index (κ3) is 5.39. The number of carbonyl (C=O) groups excluding carboxylic acids is 3. The Balaban J connectivity index is 1.36. The number of nitrogens with zero attached hydrogens (tertiary/aromatic N) is 2. The maximum absolute atomic E-state index is 14.6. The maximum Gasteiger partial charge on any atom is 0.258 e. The highest BCUT2D eigenvalue weighted by Gasteiger charge is 2.32. The average Bonchev–Trinajstić information content (AvgIpc) is 3.24. The van der Waals surface area contributed by atoms with Gasteiger partial charge in [0.2, 0.25) is 11.8 Å². The van der Waals surface area contributed by atoms with Crippen molar-refractivity contribution < 1.29 is 18.8 Å². The summed E-state index contributed by atoms with van der Waals surface area (Å²) in [5.41, 5.74) is 2.74. The van der Waals surface area contributed by atoms with Crippen LogP contribution in [-0.2, 0) is 22.6 Å². The average molecular weight is 524 g/mol. The smallest absolute Gasteiger partial charge is 0.258 e. The maximum atomic E-state index is 14.6. The van der Waals surface area contributed by atoms with E-state index in [1.165, 1.54) is 18.0 Å². The fourth-order valence-electron chi connectivity index (χ4n) is 5.26. The van der Waals surface area contributed by atoms with E-state index in [4.69, 9.17) is 0 Å². The Morgan fingerprint density at radius 2 is 1.64 bits per heavy atom. The molecule has 6 nitrogen and oxygen atoms in total. The standard InChI is InChI=1S/C32H30FN3O3/c1-34-31(38)28(20-22-10-3-2-4-11-22)36(21-24-12-5-6-16-26(24)33)29(37)18-9-19-35-27-17-8-14-23-13-7-15-25(30(23)27)32(35)39/h2-8,10-17,28H,9,18-21H2,1H3,(H,34,38)/t28-/m0/s1. The largest absolute Gasteiger partial charge is 0.357 e. The van der Waals surface area contributed by atoms with Crippen LogP contribution in [0.1, 0.15) is 34.3 Å². The van der Waals surface area contributed by atoms with Gasteiger partial charge in [0.15, 0.2) is 0 Å². The number of benzene rings is 4. The first-order valence-corrected chi connectivity index (χ1v) is 13.1. The van der Waals surface area contributed by atoms with Crippen LogP contribution in [-0.4, -0.2) is 42.3 Å². The molecule has 4 aromatic carbocycles. The highest BCUT2D eigenvalue weighted by atomic mass is 19.1. The van der Waals surface area contributed by atoms with E-state index in [1.807, 2.05) is 66.7 Å². The third-order valence-electron chi connectivity index (χ3n) is 7.24. The summed E-state index contributed by atoms with van der Waals surface area (Å²) in [6, 6.07) is 26.4. The van der Waals surface area contributed by atoms with E-state index in [9.17, 15) is 18.8 Å². The molecule has 0 unspecified atom stereocenters. The summed E-state index contributed by atoms with van der Waals surface area (Å²) in [6.45, 7) is 0.319. The molecule has 5 rings (SSSR count). The Morgan fingerprint density at radius 1 is 0.923 bits per heavy atom. The molecule has 7 heteroatoms. The van der Waals surface area contributed by atoms with Crippen molar-refractivity contribution in [2.45, 2.75) is 31.8 Å². The van der Waals surface area contributed by atoms with Crippen LogP contribution in [0.15, 0.2) is 91.0 Å². The van der Waals surface area contributed by atoms with Crippen LogP contribution in [0.4, 0.5) is 10.1 Å². The predicted molar refractivity (Wildman–Crippen MR) is 150 cm³/mol. The van der Waals surface area contributed by atoms with Gasteiger partial charge in [0.1, 0.15) is 11.9 Å². The Hall–Kier alpha value is -4.52. The van der Waals surface area contributed by atoms with Gasteiger partial charge in [0, 0.05) is 49.5 Å². The molecule has 0 aromatic heterocycles. The lowest BCUT2D eigenvalue weighted by Gasteiger charge is -2.31. The molecule has 198 valence electrons. The first kappa shape index (κ1) is 26.1. The second-order valence-electron chi connectivity index (χ2n) is 9.67. The predicted octanol–water partition coefficient (Wildman–Crippen LogP) is 5.11. The molecule has 0 radical (unpaired) electrons. The Labute approximate surface area is 227 Å². The van der Waals surface area contributed by atoms with Crippen molar-refractivity contribution in [3.8, 4) is 0 Å². The monoisotopic (exact) mass is 523 g/mol. The van der Waals surface area contributed by atoms with E-state index in [1.54, 1.807) is 23.1 Å². The van der Waals surface area contributed by atoms with Crippen molar-refractivity contribution in [1.82, 2.24) is 10.2 Å². The lowest BCUT2D eigenvalue weighted by Crippen LogP contribution is -2.50. The van der Waals surface area contributed by atoms with Crippen molar-refractivity contribution in [2.24, 2.45) is 0 Å². The van der Waals surface area contributed by atoms with Crippen LogP contribution in [0.25, 0.3) is 10.8 Å². The number of rotatable bonds is 10. The van der Waals surface area contributed by atoms with Crippen LogP contribution in [0.5, 0.6) is 0 Å². The van der Waals surface area contributed by atoms with E-state index in [-0.39, 0.29) is 30.7 Å². The van der Waals surface area contributed by atoms with Gasteiger partial charge in [0.05, 0.1) is 5.69 Å². The second kappa shape index (κ2) is 11.5. The molecule has 0 spiro atoms. The first-order chi connectivity index (χ1) is 19.0. The molecule has 0 saturated carbocycles. The lowest BCUT2D eigenvalue weighted by atomic mass is 10.0. The molecule has 0 bridgehead atoms. The number of carbonyl (C=O) groups is 3. The van der Waals surface area contributed by atoms with Gasteiger partial charge in [-0.15, -0.1) is 0 Å². The molecule has 0 saturated heterocycles. The van der Waals surface area contributed by atoms with Gasteiger partial charge in [-0.2, -0.15) is 0 Å². The molecule has 1 N–H and O–H groups in total. The van der Waals surface area contributed by atoms with E-state index in [2.05, 4.69) is 5.32 Å². The third-order valence-corrected chi connectivity index (χ3v) is 7.24. The van der Waals surface area contributed by atoms with Gasteiger partial charge >= 0.3 is 0 Å². The van der Waals surface area contributed by atoms with Gasteiger partial charge in [-0.3, -0.25) is 14.4 Å². The molecule has 0 fully saturated rings. The molecular formula is C32H30FN3O3. The number of amides is 3. The minimum Gasteiger partial charge on any atom is -0.357 e. The zero-order chi connectivity index (χ0) is 27.4. The van der Waals surface area contributed by atoms with Crippen molar-refractivity contribution in [3.63, 3.8) is 0 Å². The van der Waals surface area contributed by atoms with E-state index in [0.717, 1.165) is 22.0 Å². The number of hydrogen-bond acceptors (Lipinski definition) is 3. The highest BCUT2D eigenvalue weighted by Crippen LogP contribution is 2.37. The van der Waals surface area contributed by atoms with Crippen LogP contribution < -0.4 is 10.2 Å². The summed E-state index contributed by atoms with van der Waals surface area (Å²) in [7, 11) is 1.53. The minimum atomic E-state index is -0.823. The van der Waals surface area contributed by atoms with Crippen molar-refractivity contribution in [3.05, 3.63) is 114 Å². The Bertz CT molecular complexity index is 1520. The molecule has 3 amide bonds. The molecule has 39 heavy (non-hydrogen) atoms. The van der Waals surface area contributed by atoms with E-state index >= 15 is 0 Å². The van der Waals surface area contributed by atoms with Crippen LogP contribution in [0, 0.1) is 5.82 Å². The van der Waals surface area contributed by atoms with Crippen molar-refractivity contribution >= 4 is 34.2 Å². The number of anilines is 1.